The number of hydrogen-bond donors (Lipinski definition) is 0. The van der Waals surface area contributed by atoms with Crippen LogP contribution in [0.1, 0.15) is 5.56 Å². The van der Waals surface area contributed by atoms with Gasteiger partial charge in [0.15, 0.2) is 0 Å². The number of pyridine rings is 3. The molecular formula is C33H27N9O. The number of ether oxygens (including phenoxy) is 1. The highest BCUT2D eigenvalue weighted by Gasteiger charge is 2.39. The van der Waals surface area contributed by atoms with Gasteiger partial charge in [-0.2, -0.15) is 15.3 Å². The van der Waals surface area contributed by atoms with Gasteiger partial charge in [-0.3, -0.25) is 9.97 Å². The Kier molecular flexibility index (Phi) is 7.08. The largest absolute Gasteiger partial charge is 0.370 e. The maximum absolute atomic E-state index is 6.35. The van der Waals surface area contributed by atoms with E-state index in [1.165, 1.54) is 0 Å². The zero-order valence-electron chi connectivity index (χ0n) is 23.1. The molecule has 0 spiro atoms. The Labute approximate surface area is 247 Å². The third-order valence-corrected chi connectivity index (χ3v) is 7.15. The van der Waals surface area contributed by atoms with Crippen LogP contribution in [0.5, 0.6) is 0 Å². The number of benzene rings is 1. The molecule has 0 aliphatic carbocycles. The van der Waals surface area contributed by atoms with E-state index in [0.717, 1.165) is 39.5 Å². The molecular weight excluding hydrogens is 538 g/mol. The highest BCUT2D eigenvalue weighted by molar-refractivity contribution is 5.74. The second-order valence-electron chi connectivity index (χ2n) is 9.87. The Bertz CT molecular complexity index is 1730. The van der Waals surface area contributed by atoms with Crippen LogP contribution in [0.4, 0.5) is 0 Å². The van der Waals surface area contributed by atoms with Crippen molar-refractivity contribution in [3.05, 3.63) is 146 Å². The first kappa shape index (κ1) is 26.2. The molecule has 7 aromatic rings. The van der Waals surface area contributed by atoms with Gasteiger partial charge >= 0.3 is 0 Å². The molecule has 0 aliphatic heterocycles. The third kappa shape index (κ3) is 5.22. The normalized spacial score (nSPS) is 11.5. The van der Waals surface area contributed by atoms with Crippen LogP contribution >= 0.6 is 0 Å². The van der Waals surface area contributed by atoms with Crippen molar-refractivity contribution in [3.8, 4) is 33.9 Å². The fourth-order valence-electron chi connectivity index (χ4n) is 5.04. The predicted octanol–water partition coefficient (Wildman–Crippen LogP) is 5.39. The molecule has 1 aromatic carbocycles. The number of hydrogen-bond acceptors (Lipinski definition) is 7. The van der Waals surface area contributed by atoms with E-state index in [1.54, 1.807) is 45.0 Å². The molecule has 0 saturated carbocycles. The van der Waals surface area contributed by atoms with E-state index in [9.17, 15) is 0 Å². The van der Waals surface area contributed by atoms with E-state index < -0.39 is 5.79 Å². The minimum Gasteiger partial charge on any atom is -0.370 e. The van der Waals surface area contributed by atoms with Gasteiger partial charge < -0.3 is 4.74 Å². The van der Waals surface area contributed by atoms with Gasteiger partial charge in [0, 0.05) is 49.6 Å². The average molecular weight is 566 g/mol. The molecule has 210 valence electrons. The Morgan fingerprint density at radius 3 is 1.51 bits per heavy atom. The lowest BCUT2D eigenvalue weighted by molar-refractivity contribution is -0.0174. The van der Waals surface area contributed by atoms with Gasteiger partial charge in [0.2, 0.25) is 0 Å². The number of rotatable bonds is 10. The SMILES string of the molecule is c1ccc(-c2cc(-c3ccc(COCC(n4cccn4)(n4cccn4)n4cccn4)cc3)cc(-c3ccccn3)n2)nc1. The smallest absolute Gasteiger partial charge is 0.273 e. The van der Waals surface area contributed by atoms with Gasteiger partial charge in [-0.25, -0.2) is 19.0 Å². The maximum Gasteiger partial charge on any atom is 0.273 e. The Morgan fingerprint density at radius 2 is 1.07 bits per heavy atom. The zero-order valence-corrected chi connectivity index (χ0v) is 23.1. The molecule has 0 fully saturated rings. The van der Waals surface area contributed by atoms with Gasteiger partial charge in [0.1, 0.15) is 6.61 Å². The van der Waals surface area contributed by atoms with E-state index >= 15 is 0 Å². The van der Waals surface area contributed by atoms with Crippen LogP contribution in [-0.4, -0.2) is 50.9 Å². The predicted molar refractivity (Wildman–Crippen MR) is 161 cm³/mol. The molecule has 0 radical (unpaired) electrons. The van der Waals surface area contributed by atoms with E-state index in [1.807, 2.05) is 73.2 Å². The molecule has 7 rings (SSSR count). The second kappa shape index (κ2) is 11.6. The van der Waals surface area contributed by atoms with E-state index in [-0.39, 0.29) is 6.61 Å². The van der Waals surface area contributed by atoms with Gasteiger partial charge in [0.25, 0.3) is 5.79 Å². The molecule has 0 N–H and O–H groups in total. The van der Waals surface area contributed by atoms with Crippen molar-refractivity contribution in [2.75, 3.05) is 6.61 Å². The number of nitrogens with zero attached hydrogens (tertiary/aromatic N) is 9. The summed E-state index contributed by atoms with van der Waals surface area (Å²) in [5.74, 6) is -0.947. The summed E-state index contributed by atoms with van der Waals surface area (Å²) in [6.45, 7) is 0.631. The van der Waals surface area contributed by atoms with E-state index in [0.29, 0.717) is 6.61 Å². The van der Waals surface area contributed by atoms with Crippen molar-refractivity contribution >= 4 is 0 Å². The molecule has 0 amide bonds. The van der Waals surface area contributed by atoms with Crippen LogP contribution < -0.4 is 0 Å². The molecule has 0 saturated heterocycles. The van der Waals surface area contributed by atoms with Crippen molar-refractivity contribution < 1.29 is 4.74 Å². The third-order valence-electron chi connectivity index (χ3n) is 7.15. The van der Waals surface area contributed by atoms with E-state index in [4.69, 9.17) is 9.72 Å². The molecule has 0 bridgehead atoms. The molecule has 6 aromatic heterocycles. The maximum atomic E-state index is 6.35. The Hall–Kier alpha value is -5.74. The fraction of sp³-hybridized carbons (Fsp3) is 0.0909. The average Bonchev–Trinajstić information content (AvgIpc) is 3.90. The second-order valence-corrected chi connectivity index (χ2v) is 9.87. The van der Waals surface area contributed by atoms with Gasteiger partial charge in [0.05, 0.1) is 29.4 Å². The summed E-state index contributed by atoms with van der Waals surface area (Å²) in [6, 6.07) is 29.7. The monoisotopic (exact) mass is 565 g/mol. The highest BCUT2D eigenvalue weighted by Crippen LogP contribution is 2.29. The van der Waals surface area contributed by atoms with E-state index in [2.05, 4.69) is 61.7 Å². The lowest BCUT2D eigenvalue weighted by atomic mass is 10.0. The van der Waals surface area contributed by atoms with Crippen LogP contribution in [-0.2, 0) is 17.1 Å². The molecule has 10 nitrogen and oxygen atoms in total. The summed E-state index contributed by atoms with van der Waals surface area (Å²) in [5.41, 5.74) is 6.31. The molecule has 0 aliphatic rings. The van der Waals surface area contributed by atoms with Gasteiger partial charge in [-0.15, -0.1) is 0 Å². The van der Waals surface area contributed by atoms with Crippen LogP contribution in [0.2, 0.25) is 0 Å². The quantitative estimate of drug-likeness (QED) is 0.219. The highest BCUT2D eigenvalue weighted by atomic mass is 16.5. The summed E-state index contributed by atoms with van der Waals surface area (Å²) in [6.07, 6.45) is 14.4. The van der Waals surface area contributed by atoms with Crippen molar-refractivity contribution in [1.29, 1.82) is 0 Å². The summed E-state index contributed by atoms with van der Waals surface area (Å²) >= 11 is 0. The fourth-order valence-corrected chi connectivity index (χ4v) is 5.04. The summed E-state index contributed by atoms with van der Waals surface area (Å²) < 4.78 is 11.8. The summed E-state index contributed by atoms with van der Waals surface area (Å²) in [4.78, 5) is 13.9. The van der Waals surface area contributed by atoms with Crippen LogP contribution in [0.15, 0.2) is 141 Å². The van der Waals surface area contributed by atoms with Crippen LogP contribution in [0.3, 0.4) is 0 Å². The first-order valence-electron chi connectivity index (χ1n) is 13.8. The van der Waals surface area contributed by atoms with Gasteiger partial charge in [-0.05, 0) is 71.3 Å². The Morgan fingerprint density at radius 1 is 0.535 bits per heavy atom. The first-order valence-corrected chi connectivity index (χ1v) is 13.8. The molecule has 43 heavy (non-hydrogen) atoms. The van der Waals surface area contributed by atoms with Crippen molar-refractivity contribution in [2.24, 2.45) is 0 Å². The minimum atomic E-state index is -0.947. The molecule has 0 unspecified atom stereocenters. The summed E-state index contributed by atoms with van der Waals surface area (Å²) in [7, 11) is 0. The standard InChI is InChI=1S/C33H27N9O/c1-3-14-34-29(8-1)31-22-28(23-32(39-31)30-9-2-4-15-35-30)27-12-10-26(11-13-27)24-43-25-33(40-19-5-16-36-40,41-20-6-17-37-41)42-21-7-18-38-42/h1-23H,24-25H2. The number of aromatic nitrogens is 9. The molecule has 10 heteroatoms. The summed E-state index contributed by atoms with van der Waals surface area (Å²) in [5, 5.41) is 13.6. The minimum absolute atomic E-state index is 0.241. The van der Waals surface area contributed by atoms with Crippen LogP contribution in [0, 0.1) is 0 Å². The Balaban J connectivity index is 1.15. The molecule has 0 atom stereocenters. The lowest BCUT2D eigenvalue weighted by Crippen LogP contribution is -2.52. The lowest BCUT2D eigenvalue weighted by Gasteiger charge is -2.34. The zero-order chi connectivity index (χ0) is 28.9. The van der Waals surface area contributed by atoms with Gasteiger partial charge in [-0.1, -0.05) is 36.4 Å². The topological polar surface area (TPSA) is 101 Å². The van der Waals surface area contributed by atoms with Crippen LogP contribution in [0.25, 0.3) is 33.9 Å². The first-order chi connectivity index (χ1) is 21.3. The van der Waals surface area contributed by atoms with Crippen molar-refractivity contribution in [1.82, 2.24) is 44.3 Å². The van der Waals surface area contributed by atoms with Crippen molar-refractivity contribution in [2.45, 2.75) is 12.4 Å². The molecule has 6 heterocycles. The van der Waals surface area contributed by atoms with Crippen molar-refractivity contribution in [3.63, 3.8) is 0 Å².